The Labute approximate surface area is 263 Å². The zero-order chi connectivity index (χ0) is 33.8. The van der Waals surface area contributed by atoms with Crippen LogP contribution in [0.1, 0.15) is 72.9 Å². The Morgan fingerprint density at radius 2 is 0.932 bits per heavy atom. The van der Waals surface area contributed by atoms with E-state index in [1.807, 2.05) is 0 Å². The van der Waals surface area contributed by atoms with Gasteiger partial charge < -0.3 is 14.7 Å². The first-order valence-electron chi connectivity index (χ1n) is 13.7. The smallest absolute Gasteiger partial charge is 0.416 e. The second kappa shape index (κ2) is 18.0. The van der Waals surface area contributed by atoms with Crippen LogP contribution in [0.5, 0.6) is 5.75 Å². The second-order valence-corrected chi connectivity index (χ2v) is 15.7. The largest absolute Gasteiger partial charge is 0.860 e. The summed E-state index contributed by atoms with van der Waals surface area (Å²) in [4.78, 5) is 0. The van der Waals surface area contributed by atoms with Crippen molar-refractivity contribution in [2.24, 2.45) is 0 Å². The quantitative estimate of drug-likeness (QED) is 0.146. The number of halogens is 6. The molecule has 0 bridgehead atoms. The minimum Gasteiger partial charge on any atom is -0.860 e. The van der Waals surface area contributed by atoms with E-state index in [9.17, 15) is 36.4 Å². The van der Waals surface area contributed by atoms with Crippen LogP contribution in [0.2, 0.25) is 0 Å². The monoisotopic (exact) mass is 662 g/mol. The molecule has 0 N–H and O–H groups in total. The molecule has 44 heavy (non-hydrogen) atoms. The third-order valence-corrected chi connectivity index (χ3v) is 7.82. The van der Waals surface area contributed by atoms with Crippen LogP contribution in [0.15, 0.2) is 66.7 Å². The first-order valence-corrected chi connectivity index (χ1v) is 18.1. The van der Waals surface area contributed by atoms with Gasteiger partial charge in [-0.3, -0.25) is 0 Å². The van der Waals surface area contributed by atoms with Gasteiger partial charge in [-0.2, -0.15) is 26.3 Å². The summed E-state index contributed by atoms with van der Waals surface area (Å²) < 4.78 is 77.5. The molecule has 0 fully saturated rings. The highest BCUT2D eigenvalue weighted by molar-refractivity contribution is 7.95. The molecule has 0 atom stereocenters. The SMILES string of the molecule is CC(C)c1ccc(C[S+](C)C)cc1.CC(C)c1ccc(C[S+](C)C)cc1.[O-]B([O-])Oc1cc(C(F)(F)F)cc(C(F)(F)F)c1. The fraction of sp³-hybridized carbons (Fsp3) is 0.438. The van der Waals surface area contributed by atoms with Crippen molar-refractivity contribution in [1.82, 2.24) is 0 Å². The normalized spacial score (nSPS) is 11.7. The van der Waals surface area contributed by atoms with Crippen LogP contribution in [0.3, 0.4) is 0 Å². The lowest BCUT2D eigenvalue weighted by Gasteiger charge is -2.27. The molecule has 244 valence electrons. The summed E-state index contributed by atoms with van der Waals surface area (Å²) in [7, 11) is -1.99. The van der Waals surface area contributed by atoms with Gasteiger partial charge in [0.05, 0.1) is 41.9 Å². The molecule has 0 radical (unpaired) electrons. The Morgan fingerprint density at radius 3 is 1.16 bits per heavy atom. The maximum Gasteiger partial charge on any atom is 0.416 e. The Kier molecular flexibility index (Phi) is 16.3. The number of hydrogen-bond donors (Lipinski definition) is 0. The molecule has 0 aliphatic heterocycles. The van der Waals surface area contributed by atoms with Crippen molar-refractivity contribution in [3.63, 3.8) is 0 Å². The van der Waals surface area contributed by atoms with Gasteiger partial charge in [0.1, 0.15) is 18.8 Å². The Bertz CT molecular complexity index is 1160. The number of benzene rings is 3. The van der Waals surface area contributed by atoms with Crippen molar-refractivity contribution in [3.8, 4) is 5.75 Å². The van der Waals surface area contributed by atoms with E-state index in [0.29, 0.717) is 33.6 Å². The lowest BCUT2D eigenvalue weighted by Crippen LogP contribution is -2.50. The van der Waals surface area contributed by atoms with E-state index in [-0.39, 0.29) is 18.2 Å². The maximum atomic E-state index is 12.3. The van der Waals surface area contributed by atoms with Crippen molar-refractivity contribution in [3.05, 3.63) is 100 Å². The van der Waals surface area contributed by atoms with E-state index in [4.69, 9.17) is 0 Å². The van der Waals surface area contributed by atoms with Crippen molar-refractivity contribution < 1.29 is 41.0 Å². The first-order chi connectivity index (χ1) is 20.2. The molecule has 0 saturated heterocycles. The van der Waals surface area contributed by atoms with Gasteiger partial charge in [-0.15, -0.1) is 0 Å². The van der Waals surface area contributed by atoms with E-state index in [1.54, 1.807) is 0 Å². The van der Waals surface area contributed by atoms with Crippen molar-refractivity contribution in [1.29, 1.82) is 0 Å². The van der Waals surface area contributed by atoms with Gasteiger partial charge in [-0.1, -0.05) is 76.2 Å². The van der Waals surface area contributed by atoms with Crippen LogP contribution in [0.25, 0.3) is 0 Å². The molecule has 0 saturated carbocycles. The van der Waals surface area contributed by atoms with Crippen molar-refractivity contribution >= 4 is 29.1 Å². The molecule has 12 heteroatoms. The Hall–Kier alpha value is -2.28. The molecule has 0 aromatic heterocycles. The van der Waals surface area contributed by atoms with Crippen LogP contribution >= 0.6 is 0 Å². The number of hydrogen-bond acceptors (Lipinski definition) is 3. The average molecular weight is 663 g/mol. The lowest BCUT2D eigenvalue weighted by atomic mass is 10.0. The van der Waals surface area contributed by atoms with Gasteiger partial charge in [-0.25, -0.2) is 0 Å². The van der Waals surface area contributed by atoms with E-state index in [0.717, 1.165) is 0 Å². The molecular formula is C32H41BF6O3S2. The van der Waals surface area contributed by atoms with Crippen LogP contribution in [-0.4, -0.2) is 32.3 Å². The van der Waals surface area contributed by atoms with Gasteiger partial charge >= 0.3 is 12.4 Å². The zero-order valence-electron chi connectivity index (χ0n) is 26.3. The fourth-order valence-electron chi connectivity index (χ4n) is 3.77. The summed E-state index contributed by atoms with van der Waals surface area (Å²) in [5.74, 6) is 2.66. The molecular weight excluding hydrogens is 621 g/mol. The van der Waals surface area contributed by atoms with Crippen LogP contribution in [0, 0.1) is 0 Å². The predicted molar refractivity (Wildman–Crippen MR) is 170 cm³/mol. The molecule has 0 aliphatic rings. The summed E-state index contributed by atoms with van der Waals surface area (Å²) >= 11 is 0. The summed E-state index contributed by atoms with van der Waals surface area (Å²) in [6.07, 6.45) is -0.958. The fourth-order valence-corrected chi connectivity index (χ4v) is 5.49. The lowest BCUT2D eigenvalue weighted by molar-refractivity contribution is -0.372. The van der Waals surface area contributed by atoms with Gasteiger partial charge in [-0.05, 0) is 63.0 Å². The maximum absolute atomic E-state index is 12.3. The molecule has 3 aromatic rings. The van der Waals surface area contributed by atoms with Gasteiger partial charge in [0.25, 0.3) is 0 Å². The van der Waals surface area contributed by atoms with E-state index in [1.165, 1.54) is 33.8 Å². The highest BCUT2D eigenvalue weighted by Gasteiger charge is 2.37. The Morgan fingerprint density at radius 1 is 0.614 bits per heavy atom. The molecule has 0 spiro atoms. The third-order valence-electron chi connectivity index (χ3n) is 6.00. The van der Waals surface area contributed by atoms with Crippen molar-refractivity contribution in [2.45, 2.75) is 63.4 Å². The number of rotatable bonds is 8. The Balaban J connectivity index is 0.000000337. The van der Waals surface area contributed by atoms with Crippen LogP contribution in [-0.2, 0) is 45.6 Å². The van der Waals surface area contributed by atoms with Gasteiger partial charge in [0, 0.05) is 11.1 Å². The minimum absolute atomic E-state index is 0.141. The van der Waals surface area contributed by atoms with E-state index in [2.05, 4.69) is 106 Å². The van der Waals surface area contributed by atoms with E-state index < -0.39 is 36.6 Å². The third kappa shape index (κ3) is 15.6. The minimum atomic E-state index is -5.05. The van der Waals surface area contributed by atoms with Gasteiger partial charge in [0.2, 0.25) is 0 Å². The summed E-state index contributed by atoms with van der Waals surface area (Å²) in [5, 5.41) is 20.2. The molecule has 0 aliphatic carbocycles. The summed E-state index contributed by atoms with van der Waals surface area (Å²) in [6, 6.07) is 18.3. The average Bonchev–Trinajstić information content (AvgIpc) is 2.88. The zero-order valence-corrected chi connectivity index (χ0v) is 27.9. The highest BCUT2D eigenvalue weighted by atomic mass is 32.2. The first kappa shape index (κ1) is 39.7. The van der Waals surface area contributed by atoms with Crippen molar-refractivity contribution in [2.75, 3.05) is 25.0 Å². The molecule has 0 amide bonds. The summed E-state index contributed by atoms with van der Waals surface area (Å²) in [6.45, 7) is 8.94. The van der Waals surface area contributed by atoms with Crippen LogP contribution < -0.4 is 14.7 Å². The summed E-state index contributed by atoms with van der Waals surface area (Å²) in [5.41, 5.74) is 2.50. The molecule has 3 aromatic carbocycles. The molecule has 0 heterocycles. The topological polar surface area (TPSA) is 55.3 Å². The molecule has 0 unspecified atom stereocenters. The van der Waals surface area contributed by atoms with Crippen LogP contribution in [0.4, 0.5) is 26.3 Å². The highest BCUT2D eigenvalue weighted by Crippen LogP contribution is 2.38. The second-order valence-electron chi connectivity index (χ2n) is 11.2. The van der Waals surface area contributed by atoms with E-state index >= 15 is 0 Å². The number of alkyl halides is 6. The molecule has 3 nitrogen and oxygen atoms in total. The molecule has 3 rings (SSSR count). The standard InChI is InChI=1S/2C12H19S.C8H3BF6O3/c2*1-10(2)12-7-5-11(6-8-12)9-13(3)4;10-7(11,12)4-1-5(8(13,14)15)3-6(2-4)18-9(16)17/h2*5-8,10H,9H2,1-4H3;1-3H/q2*+1;-2. The predicted octanol–water partition coefficient (Wildman–Crippen LogP) is 7.18. The van der Waals surface area contributed by atoms with Gasteiger partial charge in [0.15, 0.2) is 0 Å².